The fourth-order valence-corrected chi connectivity index (χ4v) is 6.81. The Bertz CT molecular complexity index is 1400. The second kappa shape index (κ2) is 8.68. The molecule has 36 heavy (non-hydrogen) atoms. The van der Waals surface area contributed by atoms with E-state index in [2.05, 4.69) is 52.7 Å². The van der Waals surface area contributed by atoms with Crippen LogP contribution < -0.4 is 5.32 Å². The lowest BCUT2D eigenvalue weighted by Gasteiger charge is -2.29. The average molecular weight is 592 g/mol. The maximum atomic E-state index is 14.3. The van der Waals surface area contributed by atoms with Gasteiger partial charge >= 0.3 is 5.97 Å². The molecule has 3 aliphatic carbocycles. The first-order chi connectivity index (χ1) is 17.4. The maximum Gasteiger partial charge on any atom is 0.316 e. The summed E-state index contributed by atoms with van der Waals surface area (Å²) < 4.78 is 6.49. The Labute approximate surface area is 224 Å². The van der Waals surface area contributed by atoms with E-state index < -0.39 is 11.0 Å². The standard InChI is InChI=1S/C30H29IN2O3/c1-3-36-28(35)29-13-15-30(16-14-29,18(29)2)33-27(34)25-22-17-21(31)11-12-23(22)32-26(24(25)19-9-10-19)20-7-5-4-6-8-20/h4-8,11-12,17,19H,2-3,9-10,13-16H2,1H3,(H,33,34). The molecule has 6 rings (SSSR count). The largest absolute Gasteiger partial charge is 0.465 e. The molecule has 2 aromatic carbocycles. The number of ether oxygens (including phenoxy) is 1. The summed E-state index contributed by atoms with van der Waals surface area (Å²) in [6.45, 7) is 6.53. The second-order valence-electron chi connectivity index (χ2n) is 10.4. The van der Waals surface area contributed by atoms with E-state index >= 15 is 0 Å². The summed E-state index contributed by atoms with van der Waals surface area (Å²) in [5.41, 5.74) is 4.07. The molecule has 3 saturated carbocycles. The second-order valence-corrected chi connectivity index (χ2v) is 11.6. The van der Waals surface area contributed by atoms with E-state index in [-0.39, 0.29) is 11.9 Å². The van der Waals surface area contributed by atoms with Gasteiger partial charge in [0.2, 0.25) is 0 Å². The summed E-state index contributed by atoms with van der Waals surface area (Å²) in [7, 11) is 0. The predicted molar refractivity (Wildman–Crippen MR) is 149 cm³/mol. The molecule has 0 unspecified atom stereocenters. The third kappa shape index (κ3) is 3.59. The average Bonchev–Trinajstić information content (AvgIpc) is 3.65. The lowest BCUT2D eigenvalue weighted by atomic mass is 9.83. The molecule has 1 N–H and O–H groups in total. The first-order valence-corrected chi connectivity index (χ1v) is 13.8. The molecule has 0 atom stereocenters. The molecule has 5 nitrogen and oxygen atoms in total. The van der Waals surface area contributed by atoms with Gasteiger partial charge in [0.25, 0.3) is 5.91 Å². The van der Waals surface area contributed by atoms with Crippen LogP contribution >= 0.6 is 22.6 Å². The summed E-state index contributed by atoms with van der Waals surface area (Å²) in [6.07, 6.45) is 4.87. The van der Waals surface area contributed by atoms with Gasteiger partial charge in [-0.25, -0.2) is 4.98 Å². The van der Waals surface area contributed by atoms with Gasteiger partial charge < -0.3 is 10.1 Å². The quantitative estimate of drug-likeness (QED) is 0.201. The first kappa shape index (κ1) is 23.6. The number of carbonyl (C=O) groups is 2. The van der Waals surface area contributed by atoms with Crippen LogP contribution in [-0.4, -0.2) is 29.0 Å². The van der Waals surface area contributed by atoms with Gasteiger partial charge in [0, 0.05) is 14.5 Å². The molecule has 0 radical (unpaired) electrons. The van der Waals surface area contributed by atoms with E-state index in [1.807, 2.05) is 37.3 Å². The molecule has 1 aromatic heterocycles. The van der Waals surface area contributed by atoms with Crippen molar-refractivity contribution in [1.82, 2.24) is 10.3 Å². The molecule has 0 aliphatic heterocycles. The van der Waals surface area contributed by atoms with Crippen LogP contribution in [0.2, 0.25) is 0 Å². The van der Waals surface area contributed by atoms with Crippen molar-refractivity contribution in [3.05, 3.63) is 75.4 Å². The van der Waals surface area contributed by atoms with Crippen molar-refractivity contribution in [2.75, 3.05) is 6.61 Å². The third-order valence-corrected chi connectivity index (χ3v) is 9.05. The van der Waals surface area contributed by atoms with Crippen molar-refractivity contribution < 1.29 is 14.3 Å². The van der Waals surface area contributed by atoms with Crippen LogP contribution in [0.4, 0.5) is 0 Å². The van der Waals surface area contributed by atoms with Crippen molar-refractivity contribution in [2.45, 2.75) is 56.9 Å². The van der Waals surface area contributed by atoms with E-state index in [4.69, 9.17) is 9.72 Å². The number of nitrogens with zero attached hydrogens (tertiary/aromatic N) is 1. The minimum absolute atomic E-state index is 0.0915. The van der Waals surface area contributed by atoms with Gasteiger partial charge in [-0.3, -0.25) is 9.59 Å². The minimum atomic E-state index is -0.673. The Morgan fingerprint density at radius 3 is 2.50 bits per heavy atom. The van der Waals surface area contributed by atoms with Gasteiger partial charge in [-0.1, -0.05) is 36.9 Å². The van der Waals surface area contributed by atoms with Crippen molar-refractivity contribution in [2.24, 2.45) is 5.41 Å². The Kier molecular flexibility index (Phi) is 5.70. The zero-order chi connectivity index (χ0) is 25.1. The number of fused-ring (bicyclic) bond motifs is 3. The Morgan fingerprint density at radius 1 is 1.11 bits per heavy atom. The Morgan fingerprint density at radius 2 is 1.83 bits per heavy atom. The van der Waals surface area contributed by atoms with Gasteiger partial charge in [0.05, 0.1) is 34.3 Å². The van der Waals surface area contributed by atoms with Crippen LogP contribution in [0.5, 0.6) is 0 Å². The molecule has 0 spiro atoms. The highest BCUT2D eigenvalue weighted by atomic mass is 127. The highest BCUT2D eigenvalue weighted by Gasteiger charge is 2.62. The Hall–Kier alpha value is -2.74. The molecule has 6 heteroatoms. The van der Waals surface area contributed by atoms with Crippen molar-refractivity contribution >= 4 is 45.4 Å². The smallest absolute Gasteiger partial charge is 0.316 e. The van der Waals surface area contributed by atoms with Crippen LogP contribution in [0.25, 0.3) is 22.2 Å². The van der Waals surface area contributed by atoms with Crippen LogP contribution in [0.1, 0.15) is 67.3 Å². The van der Waals surface area contributed by atoms with Crippen LogP contribution in [0.15, 0.2) is 60.7 Å². The van der Waals surface area contributed by atoms with E-state index in [1.165, 1.54) is 0 Å². The summed E-state index contributed by atoms with van der Waals surface area (Å²) in [5, 5.41) is 4.29. The van der Waals surface area contributed by atoms with E-state index in [0.717, 1.165) is 55.3 Å². The lowest BCUT2D eigenvalue weighted by Crippen LogP contribution is -2.46. The lowest BCUT2D eigenvalue weighted by molar-refractivity contribution is -0.152. The SMILES string of the molecule is C=C1C2(NC(=O)c3c(C4CC4)c(-c4ccccc4)nc4ccc(I)cc34)CCC1(C(=O)OCC)CC2. The molecule has 3 fully saturated rings. The fraction of sp³-hybridized carbons (Fsp3) is 0.367. The highest BCUT2D eigenvalue weighted by Crippen LogP contribution is 2.60. The number of nitrogens with one attached hydrogen (secondary N) is 1. The van der Waals surface area contributed by atoms with Crippen molar-refractivity contribution in [1.29, 1.82) is 0 Å². The number of rotatable bonds is 6. The first-order valence-electron chi connectivity index (χ1n) is 12.8. The Balaban J connectivity index is 1.47. The van der Waals surface area contributed by atoms with Gasteiger partial charge in [0.1, 0.15) is 0 Å². The normalized spacial score (nSPS) is 24.8. The summed E-state index contributed by atoms with van der Waals surface area (Å²) in [5.74, 6) is 0.0333. The molecule has 3 aromatic rings. The minimum Gasteiger partial charge on any atom is -0.465 e. The van der Waals surface area contributed by atoms with Gasteiger partial charge in [0.15, 0.2) is 0 Å². The monoisotopic (exact) mass is 592 g/mol. The van der Waals surface area contributed by atoms with E-state index in [1.54, 1.807) is 0 Å². The molecule has 0 saturated heterocycles. The van der Waals surface area contributed by atoms with Crippen LogP contribution in [0, 0.1) is 8.99 Å². The number of benzene rings is 2. The third-order valence-electron chi connectivity index (χ3n) is 8.38. The number of aromatic nitrogens is 1. The summed E-state index contributed by atoms with van der Waals surface area (Å²) >= 11 is 2.29. The summed E-state index contributed by atoms with van der Waals surface area (Å²) in [6, 6.07) is 16.3. The molecular formula is C30H29IN2O3. The van der Waals surface area contributed by atoms with Gasteiger partial charge in [-0.2, -0.15) is 0 Å². The van der Waals surface area contributed by atoms with Crippen molar-refractivity contribution in [3.8, 4) is 11.3 Å². The van der Waals surface area contributed by atoms with Gasteiger partial charge in [-0.15, -0.1) is 0 Å². The van der Waals surface area contributed by atoms with Gasteiger partial charge in [-0.05, 0) is 103 Å². The number of esters is 1. The van der Waals surface area contributed by atoms with Crippen LogP contribution in [-0.2, 0) is 9.53 Å². The fourth-order valence-electron chi connectivity index (χ4n) is 6.32. The van der Waals surface area contributed by atoms with Crippen molar-refractivity contribution in [3.63, 3.8) is 0 Å². The summed E-state index contributed by atoms with van der Waals surface area (Å²) in [4.78, 5) is 32.3. The number of hydrogen-bond donors (Lipinski definition) is 1. The number of amides is 1. The number of hydrogen-bond acceptors (Lipinski definition) is 4. The zero-order valence-electron chi connectivity index (χ0n) is 20.4. The highest BCUT2D eigenvalue weighted by molar-refractivity contribution is 14.1. The number of carbonyl (C=O) groups excluding carboxylic acids is 2. The molecule has 1 heterocycles. The molecule has 184 valence electrons. The number of halogens is 1. The molecule has 2 bridgehead atoms. The topological polar surface area (TPSA) is 68.3 Å². The molecule has 3 aliphatic rings. The van der Waals surface area contributed by atoms with E-state index in [0.29, 0.717) is 38.2 Å². The number of pyridine rings is 1. The molecule has 1 amide bonds. The zero-order valence-corrected chi connectivity index (χ0v) is 22.6. The van der Waals surface area contributed by atoms with E-state index in [9.17, 15) is 9.59 Å². The maximum absolute atomic E-state index is 14.3. The predicted octanol–water partition coefficient (Wildman–Crippen LogP) is 6.55. The molecular weight excluding hydrogens is 563 g/mol. The van der Waals surface area contributed by atoms with Crippen LogP contribution in [0.3, 0.4) is 0 Å².